The second-order valence-corrected chi connectivity index (χ2v) is 11.0. The molecule has 3 rings (SSSR count). The molecule has 8 heteroatoms. The lowest BCUT2D eigenvalue weighted by molar-refractivity contribution is -0.140. The fourth-order valence-electron chi connectivity index (χ4n) is 5.70. The van der Waals surface area contributed by atoms with Crippen molar-refractivity contribution >= 4 is 17.7 Å². The maximum Gasteiger partial charge on any atom is 0.341 e. The first kappa shape index (κ1) is 30.9. The van der Waals surface area contributed by atoms with Gasteiger partial charge in [-0.05, 0) is 88.2 Å². The first-order valence-corrected chi connectivity index (χ1v) is 14.3. The first-order chi connectivity index (χ1) is 18.7. The minimum absolute atomic E-state index is 0.00361. The molecule has 1 aromatic carbocycles. The molecule has 0 saturated heterocycles. The summed E-state index contributed by atoms with van der Waals surface area (Å²) in [6.45, 7) is 7.74. The van der Waals surface area contributed by atoms with Crippen molar-refractivity contribution in [2.24, 2.45) is 23.7 Å². The van der Waals surface area contributed by atoms with Gasteiger partial charge in [0.25, 0.3) is 0 Å². The lowest BCUT2D eigenvalue weighted by Gasteiger charge is -2.37. The number of hydrogen-bond donors (Lipinski definition) is 0. The Balaban J connectivity index is 1.40. The number of ketones is 1. The summed E-state index contributed by atoms with van der Waals surface area (Å²) in [4.78, 5) is 36.0. The molecule has 2 aliphatic rings. The van der Waals surface area contributed by atoms with Gasteiger partial charge in [0, 0.05) is 12.2 Å². The Hall–Kier alpha value is -2.61. The van der Waals surface area contributed by atoms with E-state index >= 15 is 0 Å². The Labute approximate surface area is 230 Å². The molecule has 0 N–H and O–H groups in total. The second kappa shape index (κ2) is 15.2. The molecule has 0 unspecified atom stereocenters. The molecule has 2 aliphatic carbocycles. The predicted octanol–water partition coefficient (Wildman–Crippen LogP) is 6.99. The van der Waals surface area contributed by atoms with Gasteiger partial charge in [0.05, 0.1) is 24.7 Å². The van der Waals surface area contributed by atoms with E-state index in [4.69, 9.17) is 14.2 Å². The highest BCUT2D eigenvalue weighted by molar-refractivity contribution is 5.92. The Morgan fingerprint density at radius 1 is 0.897 bits per heavy atom. The highest BCUT2D eigenvalue weighted by atomic mass is 19.2. The van der Waals surface area contributed by atoms with Crippen LogP contribution in [0, 0.1) is 35.3 Å². The molecule has 2 saturated carbocycles. The first-order valence-electron chi connectivity index (χ1n) is 14.3. The third-order valence-corrected chi connectivity index (χ3v) is 8.41. The zero-order valence-corrected chi connectivity index (χ0v) is 23.3. The zero-order valence-electron chi connectivity index (χ0n) is 23.3. The zero-order chi connectivity index (χ0) is 28.4. The van der Waals surface area contributed by atoms with Crippen LogP contribution >= 0.6 is 0 Å². The SMILES string of the molecule is C=C(COCCCCOC(=O)c1ccc(OC(=O)C2CCC(C3CCC(CC)CC3)CC2)c(F)c1F)C(C)=O. The fourth-order valence-corrected chi connectivity index (χ4v) is 5.70. The van der Waals surface area contributed by atoms with Crippen molar-refractivity contribution in [2.45, 2.75) is 84.5 Å². The topological polar surface area (TPSA) is 78.9 Å². The molecule has 0 heterocycles. The summed E-state index contributed by atoms with van der Waals surface area (Å²) in [6, 6.07) is 2.17. The summed E-state index contributed by atoms with van der Waals surface area (Å²) in [6.07, 6.45) is 10.7. The quantitative estimate of drug-likeness (QED) is 0.114. The predicted molar refractivity (Wildman–Crippen MR) is 143 cm³/mol. The molecule has 0 atom stereocenters. The maximum absolute atomic E-state index is 14.7. The molecule has 0 amide bonds. The van der Waals surface area contributed by atoms with E-state index in [9.17, 15) is 23.2 Å². The third-order valence-electron chi connectivity index (χ3n) is 8.41. The number of ether oxygens (including phenoxy) is 3. The lowest BCUT2D eigenvalue weighted by Crippen LogP contribution is -2.30. The van der Waals surface area contributed by atoms with Crippen LogP contribution in [0.2, 0.25) is 0 Å². The molecule has 0 bridgehead atoms. The summed E-state index contributed by atoms with van der Waals surface area (Å²) in [5.74, 6) is -3.09. The number of benzene rings is 1. The van der Waals surface area contributed by atoms with E-state index in [2.05, 4.69) is 13.5 Å². The summed E-state index contributed by atoms with van der Waals surface area (Å²) in [5, 5.41) is 0. The van der Waals surface area contributed by atoms with Gasteiger partial charge in [0.2, 0.25) is 5.82 Å². The van der Waals surface area contributed by atoms with Gasteiger partial charge in [0.15, 0.2) is 17.3 Å². The normalized spacial score (nSPS) is 23.2. The Bertz CT molecular complexity index is 1010. The molecular weight excluding hydrogens is 506 g/mol. The average molecular weight is 549 g/mol. The molecule has 0 aromatic heterocycles. The average Bonchev–Trinajstić information content (AvgIpc) is 2.94. The van der Waals surface area contributed by atoms with Gasteiger partial charge in [0.1, 0.15) is 0 Å². The molecule has 0 spiro atoms. The summed E-state index contributed by atoms with van der Waals surface area (Å²) in [5.41, 5.74) is -0.181. The molecular formula is C31H42F2O6. The molecule has 1 aromatic rings. The number of hydrogen-bond acceptors (Lipinski definition) is 6. The van der Waals surface area contributed by atoms with Crippen LogP contribution in [0.15, 0.2) is 24.3 Å². The number of carbonyl (C=O) groups excluding carboxylic acids is 3. The van der Waals surface area contributed by atoms with Crippen LogP contribution in [-0.4, -0.2) is 37.5 Å². The van der Waals surface area contributed by atoms with E-state index in [0.29, 0.717) is 43.8 Å². The molecule has 0 aliphatic heterocycles. The van der Waals surface area contributed by atoms with Gasteiger partial charge in [-0.15, -0.1) is 0 Å². The van der Waals surface area contributed by atoms with Crippen molar-refractivity contribution in [1.29, 1.82) is 0 Å². The molecule has 39 heavy (non-hydrogen) atoms. The smallest absolute Gasteiger partial charge is 0.341 e. The molecule has 2 fully saturated rings. The van der Waals surface area contributed by atoms with Crippen LogP contribution < -0.4 is 4.74 Å². The van der Waals surface area contributed by atoms with Crippen LogP contribution in [0.5, 0.6) is 5.75 Å². The van der Waals surface area contributed by atoms with E-state index in [1.54, 1.807) is 0 Å². The Kier molecular flexibility index (Phi) is 12.1. The van der Waals surface area contributed by atoms with Crippen molar-refractivity contribution in [3.05, 3.63) is 41.5 Å². The van der Waals surface area contributed by atoms with Gasteiger partial charge in [-0.25, -0.2) is 9.18 Å². The lowest BCUT2D eigenvalue weighted by atomic mass is 9.69. The second-order valence-electron chi connectivity index (χ2n) is 11.0. The third kappa shape index (κ3) is 8.95. The van der Waals surface area contributed by atoms with Crippen molar-refractivity contribution < 1.29 is 37.4 Å². The van der Waals surface area contributed by atoms with Gasteiger partial charge in [-0.1, -0.05) is 32.8 Å². The molecule has 216 valence electrons. The van der Waals surface area contributed by atoms with Crippen LogP contribution in [0.25, 0.3) is 0 Å². The standard InChI is InChI=1S/C31H42F2O6/c1-4-22-7-9-23(10-8-22)24-11-13-25(14-12-24)30(35)39-27-16-15-26(28(32)29(27)33)31(36)38-18-6-5-17-37-19-20(2)21(3)34/h15-16,22-25H,2,4-14,17-19H2,1,3H3. The highest BCUT2D eigenvalue weighted by Gasteiger charge is 2.34. The van der Waals surface area contributed by atoms with E-state index in [0.717, 1.165) is 36.8 Å². The van der Waals surface area contributed by atoms with Crippen molar-refractivity contribution in [2.75, 3.05) is 19.8 Å². The monoisotopic (exact) mass is 548 g/mol. The molecule has 6 nitrogen and oxygen atoms in total. The van der Waals surface area contributed by atoms with Crippen LogP contribution in [0.3, 0.4) is 0 Å². The number of unbranched alkanes of at least 4 members (excludes halogenated alkanes) is 1. The van der Waals surface area contributed by atoms with Crippen molar-refractivity contribution in [1.82, 2.24) is 0 Å². The summed E-state index contributed by atoms with van der Waals surface area (Å²) < 4.78 is 44.8. The van der Waals surface area contributed by atoms with E-state index in [1.807, 2.05) is 0 Å². The van der Waals surface area contributed by atoms with Crippen LogP contribution in [0.1, 0.15) is 94.8 Å². The van der Waals surface area contributed by atoms with Gasteiger partial charge >= 0.3 is 11.9 Å². The Morgan fingerprint density at radius 3 is 2.13 bits per heavy atom. The number of carbonyl (C=O) groups is 3. The number of halogens is 2. The van der Waals surface area contributed by atoms with Gasteiger partial charge < -0.3 is 14.2 Å². The van der Waals surface area contributed by atoms with Crippen molar-refractivity contribution in [3.8, 4) is 5.75 Å². The minimum atomic E-state index is -1.40. The number of esters is 2. The summed E-state index contributed by atoms with van der Waals surface area (Å²) in [7, 11) is 0. The van der Waals surface area contributed by atoms with Gasteiger partial charge in [-0.2, -0.15) is 4.39 Å². The fraction of sp³-hybridized carbons (Fsp3) is 0.645. The van der Waals surface area contributed by atoms with Crippen molar-refractivity contribution in [3.63, 3.8) is 0 Å². The van der Waals surface area contributed by atoms with Gasteiger partial charge in [-0.3, -0.25) is 9.59 Å². The Morgan fingerprint density at radius 2 is 1.51 bits per heavy atom. The van der Waals surface area contributed by atoms with Crippen LogP contribution in [-0.2, 0) is 19.1 Å². The number of Topliss-reactive ketones (excluding diaryl/α,β-unsaturated/α-hetero) is 1. The maximum atomic E-state index is 14.7. The van der Waals surface area contributed by atoms with E-state index in [-0.39, 0.29) is 24.9 Å². The van der Waals surface area contributed by atoms with Crippen LogP contribution in [0.4, 0.5) is 8.78 Å². The highest BCUT2D eigenvalue weighted by Crippen LogP contribution is 2.42. The number of rotatable bonds is 13. The van der Waals surface area contributed by atoms with E-state index < -0.39 is 34.9 Å². The molecule has 0 radical (unpaired) electrons. The summed E-state index contributed by atoms with van der Waals surface area (Å²) >= 11 is 0. The van der Waals surface area contributed by atoms with E-state index in [1.165, 1.54) is 39.0 Å². The largest absolute Gasteiger partial charge is 0.462 e. The minimum Gasteiger partial charge on any atom is -0.462 e.